The first-order valence-corrected chi connectivity index (χ1v) is 10.1. The van der Waals surface area contributed by atoms with Crippen molar-refractivity contribution >= 4 is 52.1 Å². The maximum absolute atomic E-state index is 12.9. The Morgan fingerprint density at radius 3 is 2.57 bits per heavy atom. The van der Waals surface area contributed by atoms with Gasteiger partial charge in [0.15, 0.2) is 0 Å². The maximum Gasteiger partial charge on any atom is 0.322 e. The molecular weight excluding hydrogens is 404 g/mol. The number of rotatable bonds is 4. The number of para-hydroxylation sites is 1. The molecular formula is C22H18N2O5S. The molecule has 3 N–H and O–H groups in total. The van der Waals surface area contributed by atoms with Crippen molar-refractivity contribution in [1.82, 2.24) is 10.6 Å². The van der Waals surface area contributed by atoms with Crippen molar-refractivity contribution in [3.63, 3.8) is 0 Å². The van der Waals surface area contributed by atoms with E-state index in [1.165, 1.54) is 0 Å². The summed E-state index contributed by atoms with van der Waals surface area (Å²) >= 11 is 5.75. The van der Waals surface area contributed by atoms with E-state index in [0.717, 1.165) is 16.3 Å². The van der Waals surface area contributed by atoms with E-state index in [4.69, 9.17) is 16.6 Å². The number of amides is 3. The van der Waals surface area contributed by atoms with Crippen LogP contribution in [-0.4, -0.2) is 28.6 Å². The zero-order valence-corrected chi connectivity index (χ0v) is 16.6. The van der Waals surface area contributed by atoms with Crippen molar-refractivity contribution in [3.8, 4) is 0 Å². The highest BCUT2D eigenvalue weighted by Crippen LogP contribution is 2.44. The van der Waals surface area contributed by atoms with Crippen LogP contribution >= 0.6 is 12.2 Å². The SMILES string of the molecule is O=C1NC(=O)C(Cc2cccc3oc4ccccc4c(=S)c23)(C2CC(C(=O)O)C2)N1. The molecule has 1 aliphatic carbocycles. The zero-order chi connectivity index (χ0) is 21.0. The van der Waals surface area contributed by atoms with Crippen LogP contribution < -0.4 is 10.6 Å². The van der Waals surface area contributed by atoms with Gasteiger partial charge in [0.05, 0.1) is 10.4 Å². The highest BCUT2D eigenvalue weighted by molar-refractivity contribution is 7.72. The Bertz CT molecular complexity index is 1290. The van der Waals surface area contributed by atoms with Gasteiger partial charge in [-0.2, -0.15) is 0 Å². The van der Waals surface area contributed by atoms with Crippen molar-refractivity contribution in [1.29, 1.82) is 0 Å². The maximum atomic E-state index is 12.9. The Labute approximate surface area is 176 Å². The summed E-state index contributed by atoms with van der Waals surface area (Å²) in [5, 5.41) is 15.9. The van der Waals surface area contributed by atoms with Gasteiger partial charge in [0.2, 0.25) is 0 Å². The van der Waals surface area contributed by atoms with Crippen LogP contribution in [0, 0.1) is 16.3 Å². The second kappa shape index (κ2) is 6.63. The number of carboxylic acids is 1. The molecule has 0 spiro atoms. The first-order chi connectivity index (χ1) is 14.4. The van der Waals surface area contributed by atoms with E-state index < -0.39 is 29.4 Å². The Morgan fingerprint density at radius 2 is 1.87 bits per heavy atom. The normalized spacial score (nSPS) is 25.7. The van der Waals surface area contributed by atoms with Gasteiger partial charge in [0.1, 0.15) is 16.7 Å². The van der Waals surface area contributed by atoms with Crippen LogP contribution in [-0.2, 0) is 16.0 Å². The summed E-state index contributed by atoms with van der Waals surface area (Å²) in [6.07, 6.45) is 0.875. The Balaban J connectivity index is 1.63. The molecule has 2 heterocycles. The molecule has 2 aromatic carbocycles. The molecule has 1 aliphatic heterocycles. The van der Waals surface area contributed by atoms with Gasteiger partial charge in [-0.25, -0.2) is 4.79 Å². The molecule has 2 aliphatic rings. The third-order valence-electron chi connectivity index (χ3n) is 6.31. The van der Waals surface area contributed by atoms with Crippen LogP contribution in [0.1, 0.15) is 18.4 Å². The van der Waals surface area contributed by atoms with E-state index in [-0.39, 0.29) is 12.3 Å². The fourth-order valence-electron chi connectivity index (χ4n) is 4.65. The summed E-state index contributed by atoms with van der Waals surface area (Å²) in [7, 11) is 0. The molecule has 7 nitrogen and oxygen atoms in total. The number of carboxylic acid groups (broad SMARTS) is 1. The number of hydrogen-bond acceptors (Lipinski definition) is 5. The van der Waals surface area contributed by atoms with Crippen LogP contribution in [0.4, 0.5) is 4.79 Å². The third-order valence-corrected chi connectivity index (χ3v) is 6.74. The largest absolute Gasteiger partial charge is 0.481 e. The highest BCUT2D eigenvalue weighted by atomic mass is 32.1. The molecule has 1 saturated carbocycles. The number of imide groups is 1. The topological polar surface area (TPSA) is 109 Å². The summed E-state index contributed by atoms with van der Waals surface area (Å²) in [5.74, 6) is -2.08. The minimum Gasteiger partial charge on any atom is -0.481 e. The quantitative estimate of drug-likeness (QED) is 0.337. The van der Waals surface area contributed by atoms with Gasteiger partial charge in [-0.05, 0) is 42.5 Å². The molecule has 1 aromatic heterocycles. The lowest BCUT2D eigenvalue weighted by Crippen LogP contribution is -2.59. The van der Waals surface area contributed by atoms with Gasteiger partial charge in [-0.3, -0.25) is 14.9 Å². The smallest absolute Gasteiger partial charge is 0.322 e. The molecule has 1 atom stereocenters. The number of benzene rings is 2. The first kappa shape index (κ1) is 18.7. The number of urea groups is 1. The molecule has 0 bridgehead atoms. The zero-order valence-electron chi connectivity index (χ0n) is 15.8. The minimum atomic E-state index is -1.20. The second-order valence-electron chi connectivity index (χ2n) is 7.98. The summed E-state index contributed by atoms with van der Waals surface area (Å²) < 4.78 is 6.65. The third kappa shape index (κ3) is 2.71. The predicted molar refractivity (Wildman–Crippen MR) is 112 cm³/mol. The van der Waals surface area contributed by atoms with Crippen molar-refractivity contribution < 1.29 is 23.9 Å². The Morgan fingerprint density at radius 1 is 1.13 bits per heavy atom. The van der Waals surface area contributed by atoms with E-state index in [1.807, 2.05) is 42.5 Å². The summed E-state index contributed by atoms with van der Waals surface area (Å²) in [4.78, 5) is 36.2. The number of carbonyl (C=O) groups excluding carboxylic acids is 2. The molecule has 1 unspecified atom stereocenters. The number of carbonyl (C=O) groups is 3. The summed E-state index contributed by atoms with van der Waals surface area (Å²) in [5.41, 5.74) is 0.860. The Kier molecular flexibility index (Phi) is 4.14. The van der Waals surface area contributed by atoms with Gasteiger partial charge in [0.25, 0.3) is 5.91 Å². The number of aliphatic carboxylic acids is 1. The molecule has 1 saturated heterocycles. The molecule has 3 aromatic rings. The van der Waals surface area contributed by atoms with E-state index in [0.29, 0.717) is 28.5 Å². The first-order valence-electron chi connectivity index (χ1n) is 9.69. The van der Waals surface area contributed by atoms with Crippen LogP contribution in [0.2, 0.25) is 0 Å². The molecule has 5 rings (SSSR count). The van der Waals surface area contributed by atoms with Gasteiger partial charge in [-0.1, -0.05) is 36.5 Å². The predicted octanol–water partition coefficient (Wildman–Crippen LogP) is 3.55. The summed E-state index contributed by atoms with van der Waals surface area (Å²) in [6, 6.07) is 12.5. The second-order valence-corrected chi connectivity index (χ2v) is 8.39. The molecule has 0 radical (unpaired) electrons. The van der Waals surface area contributed by atoms with Crippen molar-refractivity contribution in [2.24, 2.45) is 11.8 Å². The van der Waals surface area contributed by atoms with Crippen LogP contribution in [0.15, 0.2) is 46.9 Å². The fraction of sp³-hybridized carbons (Fsp3) is 0.273. The van der Waals surface area contributed by atoms with Gasteiger partial charge < -0.3 is 14.8 Å². The van der Waals surface area contributed by atoms with E-state index in [1.54, 1.807) is 0 Å². The molecule has 8 heteroatoms. The van der Waals surface area contributed by atoms with Gasteiger partial charge >= 0.3 is 12.0 Å². The van der Waals surface area contributed by atoms with Crippen molar-refractivity contribution in [3.05, 3.63) is 52.5 Å². The van der Waals surface area contributed by atoms with E-state index in [2.05, 4.69) is 10.6 Å². The molecule has 2 fully saturated rings. The minimum absolute atomic E-state index is 0.205. The fourth-order valence-corrected chi connectivity index (χ4v) is 5.05. The lowest BCUT2D eigenvalue weighted by molar-refractivity contribution is -0.149. The lowest BCUT2D eigenvalue weighted by Gasteiger charge is -2.43. The lowest BCUT2D eigenvalue weighted by atomic mass is 9.63. The number of hydrogen-bond donors (Lipinski definition) is 3. The van der Waals surface area contributed by atoms with Crippen LogP contribution in [0.5, 0.6) is 0 Å². The van der Waals surface area contributed by atoms with Crippen LogP contribution in [0.3, 0.4) is 0 Å². The number of fused-ring (bicyclic) bond motifs is 2. The highest BCUT2D eigenvalue weighted by Gasteiger charge is 2.56. The number of nitrogens with one attached hydrogen (secondary N) is 2. The van der Waals surface area contributed by atoms with Gasteiger partial charge in [-0.15, -0.1) is 0 Å². The average Bonchev–Trinajstić information content (AvgIpc) is 2.94. The van der Waals surface area contributed by atoms with E-state index in [9.17, 15) is 19.5 Å². The average molecular weight is 422 g/mol. The van der Waals surface area contributed by atoms with Crippen LogP contribution in [0.25, 0.3) is 21.9 Å². The monoisotopic (exact) mass is 422 g/mol. The van der Waals surface area contributed by atoms with Gasteiger partial charge in [0, 0.05) is 17.2 Å². The summed E-state index contributed by atoms with van der Waals surface area (Å²) in [6.45, 7) is 0. The Hall–Kier alpha value is -3.26. The van der Waals surface area contributed by atoms with Crippen molar-refractivity contribution in [2.75, 3.05) is 0 Å². The molecule has 30 heavy (non-hydrogen) atoms. The molecule has 3 amide bonds. The standard InChI is InChI=1S/C22H18N2O5S/c25-19(26)12-8-13(9-12)22(20(27)23-21(28)24-22)10-11-4-3-7-16-17(11)18(30)14-5-1-2-6-15(14)29-16/h1-7,12-13H,8-10H2,(H,25,26)(H2,23,24,27,28). The van der Waals surface area contributed by atoms with Crippen molar-refractivity contribution in [2.45, 2.75) is 24.8 Å². The van der Waals surface area contributed by atoms with E-state index >= 15 is 0 Å². The molecule has 152 valence electrons.